The Bertz CT molecular complexity index is 645. The van der Waals surface area contributed by atoms with Crippen molar-refractivity contribution in [3.8, 4) is 0 Å². The van der Waals surface area contributed by atoms with Crippen molar-refractivity contribution < 1.29 is 14.3 Å². The lowest BCUT2D eigenvalue weighted by atomic mass is 10.1. The second-order valence-corrected chi connectivity index (χ2v) is 6.62. The number of carboxylic acids is 1. The number of nitrogens with one attached hydrogen (secondary N) is 1. The summed E-state index contributed by atoms with van der Waals surface area (Å²) in [6.45, 7) is 0.540. The van der Waals surface area contributed by atoms with Gasteiger partial charge in [0.05, 0.1) is 15.2 Å². The highest BCUT2D eigenvalue weighted by Crippen LogP contribution is 2.26. The van der Waals surface area contributed by atoms with E-state index in [1.165, 1.54) is 6.07 Å². The molecule has 0 unspecified atom stereocenters. The molecule has 0 saturated heterocycles. The van der Waals surface area contributed by atoms with Crippen LogP contribution in [0.2, 0.25) is 0 Å². The number of benzene rings is 1. The summed E-state index contributed by atoms with van der Waals surface area (Å²) >= 11 is 4.99. The Morgan fingerprint density at radius 2 is 2.15 bits per heavy atom. The van der Waals surface area contributed by atoms with Gasteiger partial charge >= 0.3 is 5.97 Å². The van der Waals surface area contributed by atoms with E-state index in [0.29, 0.717) is 12.2 Å². The predicted molar refractivity (Wildman–Crippen MR) is 82.0 cm³/mol. The van der Waals surface area contributed by atoms with Crippen LogP contribution in [0.4, 0.5) is 15.8 Å². The zero-order valence-corrected chi connectivity index (χ0v) is 12.7. The number of halogens is 2. The molecule has 0 bridgehead atoms. The van der Waals surface area contributed by atoms with Crippen molar-refractivity contribution in [1.29, 1.82) is 0 Å². The van der Waals surface area contributed by atoms with Gasteiger partial charge in [-0.3, -0.25) is 0 Å². The molecule has 1 aromatic carbocycles. The Kier molecular flexibility index (Phi) is 4.61. The van der Waals surface area contributed by atoms with Gasteiger partial charge in [-0.15, -0.1) is 11.3 Å². The van der Waals surface area contributed by atoms with Gasteiger partial charge in [0.2, 0.25) is 0 Å². The number of rotatable bonds is 5. The maximum Gasteiger partial charge on any atom is 0.340 e. The van der Waals surface area contributed by atoms with Crippen LogP contribution in [-0.4, -0.2) is 17.6 Å². The van der Waals surface area contributed by atoms with Crippen molar-refractivity contribution in [2.45, 2.75) is 6.42 Å². The third kappa shape index (κ3) is 3.29. The van der Waals surface area contributed by atoms with Crippen LogP contribution >= 0.6 is 27.3 Å². The Morgan fingerprint density at radius 3 is 2.75 bits per heavy atom. The van der Waals surface area contributed by atoms with E-state index in [4.69, 9.17) is 10.8 Å². The maximum atomic E-state index is 13.3. The van der Waals surface area contributed by atoms with E-state index in [9.17, 15) is 9.18 Å². The van der Waals surface area contributed by atoms with Gasteiger partial charge in [-0.2, -0.15) is 0 Å². The number of thiophene rings is 1. The molecule has 0 saturated carbocycles. The van der Waals surface area contributed by atoms with E-state index >= 15 is 0 Å². The summed E-state index contributed by atoms with van der Waals surface area (Å²) in [5.74, 6) is -1.97. The van der Waals surface area contributed by atoms with E-state index in [1.54, 1.807) is 11.3 Å². The van der Waals surface area contributed by atoms with Crippen LogP contribution in [0.5, 0.6) is 0 Å². The van der Waals surface area contributed by atoms with Gasteiger partial charge in [0, 0.05) is 11.4 Å². The molecule has 20 heavy (non-hydrogen) atoms. The van der Waals surface area contributed by atoms with E-state index < -0.39 is 11.8 Å². The lowest BCUT2D eigenvalue weighted by molar-refractivity contribution is 0.0698. The fourth-order valence-electron chi connectivity index (χ4n) is 1.78. The van der Waals surface area contributed by atoms with Crippen LogP contribution in [0.15, 0.2) is 28.1 Å². The number of carbonyl (C=O) groups is 1. The van der Waals surface area contributed by atoms with Crippen LogP contribution in [0.25, 0.3) is 0 Å². The van der Waals surface area contributed by atoms with Gasteiger partial charge < -0.3 is 16.2 Å². The van der Waals surface area contributed by atoms with Crippen LogP contribution in [0, 0.1) is 5.82 Å². The third-order valence-electron chi connectivity index (χ3n) is 2.72. The summed E-state index contributed by atoms with van der Waals surface area (Å²) in [5, 5.41) is 12.1. The molecule has 1 aromatic heterocycles. The summed E-state index contributed by atoms with van der Waals surface area (Å²) in [7, 11) is 0. The molecule has 4 N–H and O–H groups in total. The molecule has 2 aromatic rings. The number of anilines is 2. The summed E-state index contributed by atoms with van der Waals surface area (Å²) in [4.78, 5) is 12.3. The number of aromatic carboxylic acids is 1. The summed E-state index contributed by atoms with van der Waals surface area (Å²) in [6.07, 6.45) is 0.743. The first-order chi connectivity index (χ1) is 9.49. The summed E-state index contributed by atoms with van der Waals surface area (Å²) in [5.41, 5.74) is 5.23. The lowest BCUT2D eigenvalue weighted by Gasteiger charge is -2.11. The number of nitrogen functional groups attached to an aromatic ring is 1. The highest BCUT2D eigenvalue weighted by molar-refractivity contribution is 9.11. The molecule has 0 radical (unpaired) electrons. The predicted octanol–water partition coefficient (Wildman–Crippen LogP) is 3.58. The Balaban J connectivity index is 2.09. The summed E-state index contributed by atoms with van der Waals surface area (Å²) < 4.78 is 14.3. The van der Waals surface area contributed by atoms with Gasteiger partial charge in [-0.1, -0.05) is 0 Å². The van der Waals surface area contributed by atoms with Crippen molar-refractivity contribution in [3.63, 3.8) is 0 Å². The van der Waals surface area contributed by atoms with Crippen LogP contribution in [-0.2, 0) is 6.42 Å². The van der Waals surface area contributed by atoms with Crippen molar-refractivity contribution in [1.82, 2.24) is 0 Å². The SMILES string of the molecule is Nc1c(F)ccc(NCCc2ccc(Br)s2)c1C(=O)O. The highest BCUT2D eigenvalue weighted by atomic mass is 79.9. The van der Waals surface area contributed by atoms with Crippen molar-refractivity contribution in [2.24, 2.45) is 0 Å². The second kappa shape index (κ2) is 6.23. The van der Waals surface area contributed by atoms with Gasteiger partial charge in [0.15, 0.2) is 0 Å². The zero-order valence-electron chi connectivity index (χ0n) is 10.3. The average Bonchev–Trinajstić information content (AvgIpc) is 2.79. The Labute approximate surface area is 127 Å². The molecule has 0 aliphatic heterocycles. The second-order valence-electron chi connectivity index (χ2n) is 4.07. The number of hydrogen-bond donors (Lipinski definition) is 3. The molecular weight excluding hydrogens is 347 g/mol. The first-order valence-corrected chi connectivity index (χ1v) is 7.39. The van der Waals surface area contributed by atoms with E-state index in [1.807, 2.05) is 12.1 Å². The van der Waals surface area contributed by atoms with Crippen LogP contribution in [0.3, 0.4) is 0 Å². The summed E-state index contributed by atoms with van der Waals surface area (Å²) in [6, 6.07) is 6.50. The van der Waals surface area contributed by atoms with E-state index in [0.717, 1.165) is 21.2 Å². The van der Waals surface area contributed by atoms with Crippen LogP contribution < -0.4 is 11.1 Å². The molecule has 2 rings (SSSR count). The van der Waals surface area contributed by atoms with Gasteiger partial charge in [-0.25, -0.2) is 9.18 Å². The fraction of sp³-hybridized carbons (Fsp3) is 0.154. The molecule has 106 valence electrons. The van der Waals surface area contributed by atoms with Crippen molar-refractivity contribution in [2.75, 3.05) is 17.6 Å². The molecule has 4 nitrogen and oxygen atoms in total. The van der Waals surface area contributed by atoms with Crippen molar-refractivity contribution >= 4 is 44.6 Å². The smallest absolute Gasteiger partial charge is 0.340 e. The minimum Gasteiger partial charge on any atom is -0.478 e. The topological polar surface area (TPSA) is 75.3 Å². The zero-order chi connectivity index (χ0) is 14.7. The molecule has 0 fully saturated rings. The third-order valence-corrected chi connectivity index (χ3v) is 4.41. The number of hydrogen-bond acceptors (Lipinski definition) is 4. The van der Waals surface area contributed by atoms with Gasteiger partial charge in [0.25, 0.3) is 0 Å². The minimum atomic E-state index is -1.25. The standard InChI is InChI=1S/C13H12BrFN2O2S/c14-10-4-1-7(20-10)5-6-17-9-3-2-8(15)12(16)11(9)13(18)19/h1-4,17H,5-6,16H2,(H,18,19). The molecule has 0 aliphatic rings. The van der Waals surface area contributed by atoms with Crippen molar-refractivity contribution in [3.05, 3.63) is 44.3 Å². The molecule has 7 heteroatoms. The molecule has 1 heterocycles. The first-order valence-electron chi connectivity index (χ1n) is 5.78. The van der Waals surface area contributed by atoms with Crippen LogP contribution in [0.1, 0.15) is 15.2 Å². The molecular formula is C13H12BrFN2O2S. The fourth-order valence-corrected chi connectivity index (χ4v) is 3.26. The van der Waals surface area contributed by atoms with E-state index in [2.05, 4.69) is 21.2 Å². The highest BCUT2D eigenvalue weighted by Gasteiger charge is 2.17. The monoisotopic (exact) mass is 358 g/mol. The molecule has 0 aliphatic carbocycles. The average molecular weight is 359 g/mol. The number of nitrogens with two attached hydrogens (primary N) is 1. The van der Waals surface area contributed by atoms with Gasteiger partial charge in [0.1, 0.15) is 11.4 Å². The largest absolute Gasteiger partial charge is 0.478 e. The molecule has 0 spiro atoms. The van der Waals surface area contributed by atoms with Gasteiger partial charge in [-0.05, 0) is 46.6 Å². The lowest BCUT2D eigenvalue weighted by Crippen LogP contribution is -2.12. The molecule has 0 amide bonds. The molecule has 0 atom stereocenters. The maximum absolute atomic E-state index is 13.3. The normalized spacial score (nSPS) is 10.5. The minimum absolute atomic E-state index is 0.225. The Morgan fingerprint density at radius 1 is 1.40 bits per heavy atom. The van der Waals surface area contributed by atoms with E-state index in [-0.39, 0.29) is 11.3 Å². The number of carboxylic acid groups (broad SMARTS) is 1. The quantitative estimate of drug-likeness (QED) is 0.714. The first kappa shape index (κ1) is 14.8. The Hall–Kier alpha value is -1.60.